The average Bonchev–Trinajstić information content (AvgIpc) is 2.53. The largest absolute Gasteiger partial charge is 0.416 e. The summed E-state index contributed by atoms with van der Waals surface area (Å²) in [5.41, 5.74) is -1.17. The quantitative estimate of drug-likeness (QED) is 0.824. The fraction of sp³-hybridized carbons (Fsp3) is 0.588. The van der Waals surface area contributed by atoms with Gasteiger partial charge in [0.25, 0.3) is 0 Å². The normalized spacial score (nSPS) is 19.3. The summed E-state index contributed by atoms with van der Waals surface area (Å²) in [5, 5.41) is 2.59. The van der Waals surface area contributed by atoms with Gasteiger partial charge in [-0.3, -0.25) is 9.69 Å². The molecular weight excluding hydrogens is 324 g/mol. The molecule has 3 nitrogen and oxygen atoms in total. The molecule has 1 aliphatic heterocycles. The zero-order valence-corrected chi connectivity index (χ0v) is 13.6. The predicted octanol–water partition coefficient (Wildman–Crippen LogP) is 3.73. The Labute approximate surface area is 139 Å². The zero-order chi connectivity index (χ0) is 17.7. The number of amides is 1. The van der Waals surface area contributed by atoms with Crippen LogP contribution in [-0.2, 0) is 17.5 Å². The molecule has 1 fully saturated rings. The third kappa shape index (κ3) is 4.69. The van der Waals surface area contributed by atoms with E-state index in [1.54, 1.807) is 0 Å². The number of rotatable bonds is 5. The number of likely N-dealkylation sites (tertiary alicyclic amines) is 1. The molecule has 134 valence electrons. The molecule has 1 unspecified atom stereocenters. The lowest BCUT2D eigenvalue weighted by atomic mass is 10.0. The molecule has 2 rings (SSSR count). The summed E-state index contributed by atoms with van der Waals surface area (Å²) in [6, 6.07) is 2.21. The van der Waals surface area contributed by atoms with Gasteiger partial charge in [0.1, 0.15) is 5.82 Å². The number of halogens is 4. The second-order valence-corrected chi connectivity index (χ2v) is 6.06. The third-order valence-corrected chi connectivity index (χ3v) is 4.26. The number of nitrogens with one attached hydrogen (secondary N) is 1. The topological polar surface area (TPSA) is 32.3 Å². The van der Waals surface area contributed by atoms with Gasteiger partial charge in [0.15, 0.2) is 0 Å². The Kier molecular flexibility index (Phi) is 6.21. The molecule has 0 aromatic heterocycles. The van der Waals surface area contributed by atoms with Gasteiger partial charge < -0.3 is 5.32 Å². The van der Waals surface area contributed by atoms with E-state index < -0.39 is 17.6 Å². The molecule has 0 aliphatic carbocycles. The summed E-state index contributed by atoms with van der Waals surface area (Å²) >= 11 is 0. The molecule has 1 heterocycles. The van der Waals surface area contributed by atoms with Crippen LogP contribution in [0.2, 0.25) is 0 Å². The van der Waals surface area contributed by atoms with Crippen molar-refractivity contribution in [1.29, 1.82) is 0 Å². The maximum atomic E-state index is 13.1. The average molecular weight is 346 g/mol. The van der Waals surface area contributed by atoms with E-state index in [0.717, 1.165) is 44.5 Å². The fourth-order valence-corrected chi connectivity index (χ4v) is 3.11. The molecule has 1 atom stereocenters. The highest BCUT2D eigenvalue weighted by Crippen LogP contribution is 2.32. The van der Waals surface area contributed by atoms with Gasteiger partial charge in [0, 0.05) is 6.54 Å². The molecule has 1 aliphatic rings. The Morgan fingerprint density at radius 1 is 1.33 bits per heavy atom. The van der Waals surface area contributed by atoms with Crippen molar-refractivity contribution in [1.82, 2.24) is 10.2 Å². The number of nitrogens with zero attached hydrogens (tertiary/aromatic N) is 1. The predicted molar refractivity (Wildman–Crippen MR) is 82.8 cm³/mol. The maximum Gasteiger partial charge on any atom is 0.416 e. The molecule has 1 saturated heterocycles. The van der Waals surface area contributed by atoms with E-state index in [4.69, 9.17) is 0 Å². The summed E-state index contributed by atoms with van der Waals surface area (Å²) in [5.74, 6) is -1.21. The number of hydrogen-bond donors (Lipinski definition) is 1. The van der Waals surface area contributed by atoms with Crippen molar-refractivity contribution in [3.05, 3.63) is 35.1 Å². The molecule has 1 amide bonds. The molecule has 0 spiro atoms. The number of carbonyl (C=O) groups is 1. The molecule has 1 N–H and O–H groups in total. The first-order valence-corrected chi connectivity index (χ1v) is 8.20. The van der Waals surface area contributed by atoms with Crippen molar-refractivity contribution in [3.63, 3.8) is 0 Å². The van der Waals surface area contributed by atoms with Crippen LogP contribution in [0.4, 0.5) is 17.6 Å². The van der Waals surface area contributed by atoms with E-state index in [-0.39, 0.29) is 24.1 Å². The summed E-state index contributed by atoms with van der Waals surface area (Å²) in [6.07, 6.45) is -1.06. The van der Waals surface area contributed by atoms with Gasteiger partial charge in [-0.05, 0) is 50.0 Å². The standard InChI is InChI=1S/C17H22F4N2O/c1-2-8-23-9-4-3-5-15(23)16(24)22-11-12-6-7-13(18)10-14(12)17(19,20)21/h6-7,10,15H,2-5,8-9,11H2,1H3,(H,22,24). The van der Waals surface area contributed by atoms with E-state index in [1.165, 1.54) is 0 Å². The minimum Gasteiger partial charge on any atom is -0.351 e. The molecule has 7 heteroatoms. The van der Waals surface area contributed by atoms with Crippen LogP contribution in [0.1, 0.15) is 43.7 Å². The minimum atomic E-state index is -4.65. The van der Waals surface area contributed by atoms with Crippen molar-refractivity contribution in [3.8, 4) is 0 Å². The van der Waals surface area contributed by atoms with E-state index in [0.29, 0.717) is 12.5 Å². The monoisotopic (exact) mass is 346 g/mol. The van der Waals surface area contributed by atoms with Crippen molar-refractivity contribution in [2.75, 3.05) is 13.1 Å². The molecule has 1 aromatic rings. The number of hydrogen-bond acceptors (Lipinski definition) is 2. The van der Waals surface area contributed by atoms with Gasteiger partial charge in [0.2, 0.25) is 5.91 Å². The van der Waals surface area contributed by atoms with E-state index in [2.05, 4.69) is 10.2 Å². The van der Waals surface area contributed by atoms with Crippen molar-refractivity contribution >= 4 is 5.91 Å². The second-order valence-electron chi connectivity index (χ2n) is 6.06. The number of piperidine rings is 1. The van der Waals surface area contributed by atoms with Crippen molar-refractivity contribution in [2.45, 2.75) is 51.4 Å². The Hall–Kier alpha value is -1.63. The van der Waals surface area contributed by atoms with Gasteiger partial charge in [-0.1, -0.05) is 19.4 Å². The van der Waals surface area contributed by atoms with Gasteiger partial charge >= 0.3 is 6.18 Å². The van der Waals surface area contributed by atoms with Crippen LogP contribution in [0, 0.1) is 5.82 Å². The lowest BCUT2D eigenvalue weighted by molar-refractivity contribution is -0.139. The highest BCUT2D eigenvalue weighted by Gasteiger charge is 2.34. The van der Waals surface area contributed by atoms with Gasteiger partial charge in [0.05, 0.1) is 11.6 Å². The van der Waals surface area contributed by atoms with E-state index in [1.807, 2.05) is 6.92 Å². The van der Waals surface area contributed by atoms with Crippen LogP contribution in [0.15, 0.2) is 18.2 Å². The lowest BCUT2D eigenvalue weighted by Crippen LogP contribution is -2.49. The molecular formula is C17H22F4N2O. The first-order valence-electron chi connectivity index (χ1n) is 8.20. The van der Waals surface area contributed by atoms with Crippen LogP contribution >= 0.6 is 0 Å². The smallest absolute Gasteiger partial charge is 0.351 e. The van der Waals surface area contributed by atoms with Crippen LogP contribution < -0.4 is 5.32 Å². The first kappa shape index (κ1) is 18.7. The molecule has 0 saturated carbocycles. The number of carbonyl (C=O) groups excluding carboxylic acids is 1. The summed E-state index contributed by atoms with van der Waals surface area (Å²) in [6.45, 7) is 3.39. The summed E-state index contributed by atoms with van der Waals surface area (Å²) < 4.78 is 52.1. The number of alkyl halides is 3. The van der Waals surface area contributed by atoms with E-state index in [9.17, 15) is 22.4 Å². The Balaban J connectivity index is 2.06. The van der Waals surface area contributed by atoms with Gasteiger partial charge in [-0.2, -0.15) is 13.2 Å². The maximum absolute atomic E-state index is 13.1. The highest BCUT2D eigenvalue weighted by molar-refractivity contribution is 5.81. The molecule has 1 aromatic carbocycles. The minimum absolute atomic E-state index is 0.130. The van der Waals surface area contributed by atoms with Crippen molar-refractivity contribution in [2.24, 2.45) is 0 Å². The van der Waals surface area contributed by atoms with Gasteiger partial charge in [-0.15, -0.1) is 0 Å². The van der Waals surface area contributed by atoms with Gasteiger partial charge in [-0.25, -0.2) is 4.39 Å². The van der Waals surface area contributed by atoms with Crippen LogP contribution in [0.5, 0.6) is 0 Å². The fourth-order valence-electron chi connectivity index (χ4n) is 3.11. The van der Waals surface area contributed by atoms with Crippen LogP contribution in [0.3, 0.4) is 0 Å². The van der Waals surface area contributed by atoms with E-state index >= 15 is 0 Å². The Morgan fingerprint density at radius 3 is 2.75 bits per heavy atom. The first-order chi connectivity index (χ1) is 11.3. The highest BCUT2D eigenvalue weighted by atomic mass is 19.4. The van der Waals surface area contributed by atoms with Crippen LogP contribution in [0.25, 0.3) is 0 Å². The Bertz CT molecular complexity index is 572. The molecule has 24 heavy (non-hydrogen) atoms. The second kappa shape index (κ2) is 7.96. The lowest BCUT2D eigenvalue weighted by Gasteiger charge is -2.34. The van der Waals surface area contributed by atoms with Crippen LogP contribution in [-0.4, -0.2) is 29.9 Å². The SMILES string of the molecule is CCCN1CCCCC1C(=O)NCc1ccc(F)cc1C(F)(F)F. The third-order valence-electron chi connectivity index (χ3n) is 4.26. The summed E-state index contributed by atoms with van der Waals surface area (Å²) in [4.78, 5) is 14.5. The summed E-state index contributed by atoms with van der Waals surface area (Å²) in [7, 11) is 0. The molecule has 0 bridgehead atoms. The zero-order valence-electron chi connectivity index (χ0n) is 13.6. The number of benzene rings is 1. The van der Waals surface area contributed by atoms with Crippen molar-refractivity contribution < 1.29 is 22.4 Å². The molecule has 0 radical (unpaired) electrons. The Morgan fingerprint density at radius 2 is 2.08 bits per heavy atom.